The second-order valence-corrected chi connectivity index (χ2v) is 5.64. The molecule has 0 aliphatic rings. The van der Waals surface area contributed by atoms with Crippen molar-refractivity contribution >= 4 is 24.4 Å². The summed E-state index contributed by atoms with van der Waals surface area (Å²) in [6.45, 7) is 4.93. The topological polar surface area (TPSA) is 26.3 Å². The summed E-state index contributed by atoms with van der Waals surface area (Å²) in [6.07, 6.45) is 1.36. The minimum absolute atomic E-state index is 0.121. The molecule has 0 N–H and O–H groups in total. The lowest BCUT2D eigenvalue weighted by Crippen LogP contribution is -2.22. The first-order valence-electron chi connectivity index (χ1n) is 5.92. The zero-order valence-corrected chi connectivity index (χ0v) is 11.5. The summed E-state index contributed by atoms with van der Waals surface area (Å²) in [4.78, 5) is 12.4. The minimum Gasteiger partial charge on any atom is -0.469 e. The largest absolute Gasteiger partial charge is 0.469 e. The van der Waals surface area contributed by atoms with Crippen LogP contribution in [-0.2, 0) is 9.53 Å². The molecule has 1 aromatic carbocycles. The number of carbonyl (C=O) groups excluding carboxylic acids is 1. The molecule has 0 bridgehead atoms. The van der Waals surface area contributed by atoms with Gasteiger partial charge < -0.3 is 4.74 Å². The van der Waals surface area contributed by atoms with E-state index in [1.54, 1.807) is 0 Å². The maximum absolute atomic E-state index is 11.2. The highest BCUT2D eigenvalue weighted by molar-refractivity contribution is 8.01. The average Bonchev–Trinajstić information content (AvgIpc) is 2.34. The maximum Gasteiger partial charge on any atom is 0.305 e. The Morgan fingerprint density at radius 1 is 1.35 bits per heavy atom. The molecule has 0 heterocycles. The molecule has 1 atom stereocenters. The third-order valence-corrected chi connectivity index (χ3v) is 4.26. The SMILES string of the molecule is COC(=O)CCC(Sc1ccccc1)B(C)C. The van der Waals surface area contributed by atoms with Gasteiger partial charge in [-0.15, -0.1) is 11.8 Å². The van der Waals surface area contributed by atoms with Gasteiger partial charge in [-0.1, -0.05) is 31.8 Å². The normalized spacial score (nSPS) is 11.9. The monoisotopic (exact) mass is 250 g/mol. The highest BCUT2D eigenvalue weighted by Crippen LogP contribution is 2.27. The van der Waals surface area contributed by atoms with E-state index < -0.39 is 0 Å². The molecule has 0 spiro atoms. The van der Waals surface area contributed by atoms with Crippen LogP contribution in [0.2, 0.25) is 13.6 Å². The Labute approximate surface area is 108 Å². The van der Waals surface area contributed by atoms with E-state index in [1.165, 1.54) is 12.0 Å². The number of benzene rings is 1. The standard InChI is InChI=1S/C13H19BO2S/c1-14(2)12(9-10-13(15)16-3)17-11-7-5-4-6-8-11/h4-8,12H,9-10H2,1-3H3. The van der Waals surface area contributed by atoms with Gasteiger partial charge in [0.2, 0.25) is 0 Å². The Bertz CT molecular complexity index is 341. The van der Waals surface area contributed by atoms with E-state index >= 15 is 0 Å². The molecule has 4 heteroatoms. The van der Waals surface area contributed by atoms with Gasteiger partial charge in [-0.25, -0.2) is 0 Å². The molecule has 0 saturated heterocycles. The number of methoxy groups -OCH3 is 1. The van der Waals surface area contributed by atoms with Crippen molar-refractivity contribution in [2.45, 2.75) is 36.5 Å². The number of hydrogen-bond acceptors (Lipinski definition) is 3. The quantitative estimate of drug-likeness (QED) is 0.439. The van der Waals surface area contributed by atoms with Crippen LogP contribution < -0.4 is 0 Å². The Kier molecular flexibility index (Phi) is 6.20. The van der Waals surface area contributed by atoms with Crippen molar-refractivity contribution in [2.24, 2.45) is 0 Å². The first-order chi connectivity index (χ1) is 8.13. The van der Waals surface area contributed by atoms with E-state index in [9.17, 15) is 4.79 Å². The van der Waals surface area contributed by atoms with Crippen LogP contribution in [0, 0.1) is 0 Å². The molecule has 1 unspecified atom stereocenters. The highest BCUT2D eigenvalue weighted by atomic mass is 32.2. The molecular weight excluding hydrogens is 231 g/mol. The van der Waals surface area contributed by atoms with E-state index in [0.717, 1.165) is 6.42 Å². The summed E-state index contributed by atoms with van der Waals surface area (Å²) < 4.78 is 4.68. The minimum atomic E-state index is -0.121. The van der Waals surface area contributed by atoms with Crippen molar-refractivity contribution < 1.29 is 9.53 Å². The molecule has 1 aromatic rings. The molecular formula is C13H19BO2S. The fourth-order valence-corrected chi connectivity index (χ4v) is 2.74. The summed E-state index contributed by atoms with van der Waals surface area (Å²) in [6, 6.07) is 10.3. The molecule has 92 valence electrons. The smallest absolute Gasteiger partial charge is 0.305 e. The zero-order chi connectivity index (χ0) is 12.7. The molecule has 0 aliphatic heterocycles. The highest BCUT2D eigenvalue weighted by Gasteiger charge is 2.18. The van der Waals surface area contributed by atoms with Gasteiger partial charge in [0.25, 0.3) is 0 Å². The van der Waals surface area contributed by atoms with Gasteiger partial charge in [0.15, 0.2) is 0 Å². The molecule has 0 aliphatic carbocycles. The lowest BCUT2D eigenvalue weighted by molar-refractivity contribution is -0.140. The summed E-state index contributed by atoms with van der Waals surface area (Å²) in [7, 11) is 1.44. The Morgan fingerprint density at radius 3 is 2.53 bits per heavy atom. The number of esters is 1. The van der Waals surface area contributed by atoms with Gasteiger partial charge in [-0.2, -0.15) is 0 Å². The van der Waals surface area contributed by atoms with Crippen LogP contribution in [0.25, 0.3) is 0 Å². The predicted molar refractivity (Wildman–Crippen MR) is 74.8 cm³/mol. The molecule has 1 rings (SSSR count). The van der Waals surface area contributed by atoms with E-state index in [1.807, 2.05) is 30.0 Å². The van der Waals surface area contributed by atoms with Gasteiger partial charge in [-0.05, 0) is 23.7 Å². The maximum atomic E-state index is 11.2. The molecule has 17 heavy (non-hydrogen) atoms. The number of hydrogen-bond donors (Lipinski definition) is 0. The first-order valence-corrected chi connectivity index (χ1v) is 6.80. The van der Waals surface area contributed by atoms with Gasteiger partial charge >= 0.3 is 5.97 Å². The van der Waals surface area contributed by atoms with Crippen LogP contribution in [0.1, 0.15) is 12.8 Å². The second-order valence-electron chi connectivity index (χ2n) is 4.33. The summed E-state index contributed by atoms with van der Waals surface area (Å²) >= 11 is 1.84. The van der Waals surface area contributed by atoms with Crippen LogP contribution >= 0.6 is 11.8 Å². The molecule has 0 amide bonds. The van der Waals surface area contributed by atoms with Crippen molar-refractivity contribution in [2.75, 3.05) is 7.11 Å². The Morgan fingerprint density at radius 2 is 2.00 bits per heavy atom. The molecule has 2 nitrogen and oxygen atoms in total. The Balaban J connectivity index is 2.52. The predicted octanol–water partition coefficient (Wildman–Crippen LogP) is 3.39. The van der Waals surface area contributed by atoms with Crippen molar-refractivity contribution in [3.8, 4) is 0 Å². The Hall–Kier alpha value is -0.895. The van der Waals surface area contributed by atoms with Crippen molar-refractivity contribution in [3.63, 3.8) is 0 Å². The first kappa shape index (κ1) is 14.2. The number of carbonyl (C=O) groups is 1. The van der Waals surface area contributed by atoms with Crippen LogP contribution in [0.4, 0.5) is 0 Å². The van der Waals surface area contributed by atoms with E-state index in [0.29, 0.717) is 18.3 Å². The van der Waals surface area contributed by atoms with Crippen molar-refractivity contribution in [1.82, 2.24) is 0 Å². The summed E-state index contributed by atoms with van der Waals surface area (Å²) in [5, 5.41) is 0.455. The summed E-state index contributed by atoms with van der Waals surface area (Å²) in [5.74, 6) is -0.121. The van der Waals surface area contributed by atoms with Gasteiger partial charge in [0, 0.05) is 11.3 Å². The molecule has 0 aromatic heterocycles. The lowest BCUT2D eigenvalue weighted by atomic mass is 9.51. The van der Waals surface area contributed by atoms with Crippen molar-refractivity contribution in [3.05, 3.63) is 30.3 Å². The number of thioether (sulfide) groups is 1. The molecule has 0 saturated carbocycles. The van der Waals surface area contributed by atoms with Gasteiger partial charge in [0.1, 0.15) is 6.71 Å². The van der Waals surface area contributed by atoms with Crippen LogP contribution in [0.5, 0.6) is 0 Å². The summed E-state index contributed by atoms with van der Waals surface area (Å²) in [5.41, 5.74) is 0. The van der Waals surface area contributed by atoms with Gasteiger partial charge in [-0.3, -0.25) is 4.79 Å². The average molecular weight is 250 g/mol. The van der Waals surface area contributed by atoms with Gasteiger partial charge in [0.05, 0.1) is 7.11 Å². The number of rotatable bonds is 6. The fourth-order valence-electron chi connectivity index (χ4n) is 1.56. The number of ether oxygens (including phenoxy) is 1. The third kappa shape index (κ3) is 5.31. The molecule has 0 fully saturated rings. The van der Waals surface area contributed by atoms with Crippen molar-refractivity contribution in [1.29, 1.82) is 0 Å². The zero-order valence-electron chi connectivity index (χ0n) is 10.7. The van der Waals surface area contributed by atoms with E-state index in [-0.39, 0.29) is 5.97 Å². The van der Waals surface area contributed by atoms with E-state index in [4.69, 9.17) is 0 Å². The second kappa shape index (κ2) is 7.43. The third-order valence-electron chi connectivity index (χ3n) is 2.63. The lowest BCUT2D eigenvalue weighted by Gasteiger charge is -2.17. The molecule has 0 radical (unpaired) electrons. The fraction of sp³-hybridized carbons (Fsp3) is 0.462. The van der Waals surface area contributed by atoms with Crippen LogP contribution in [-0.4, -0.2) is 24.9 Å². The van der Waals surface area contributed by atoms with Crippen LogP contribution in [0.3, 0.4) is 0 Å². The van der Waals surface area contributed by atoms with E-state index in [2.05, 4.69) is 30.5 Å². The van der Waals surface area contributed by atoms with Crippen LogP contribution in [0.15, 0.2) is 35.2 Å².